The van der Waals surface area contributed by atoms with Crippen LogP contribution in [0.4, 0.5) is 11.8 Å². The first kappa shape index (κ1) is 22.8. The Morgan fingerprint density at radius 3 is 2.69 bits per heavy atom. The van der Waals surface area contributed by atoms with Crippen LogP contribution in [0.25, 0.3) is 11.0 Å². The van der Waals surface area contributed by atoms with Crippen molar-refractivity contribution in [2.75, 3.05) is 32.0 Å². The van der Waals surface area contributed by atoms with Gasteiger partial charge in [-0.25, -0.2) is 9.78 Å². The van der Waals surface area contributed by atoms with Gasteiger partial charge in [0.25, 0.3) is 0 Å². The van der Waals surface area contributed by atoms with Crippen molar-refractivity contribution in [3.05, 3.63) is 54.7 Å². The van der Waals surface area contributed by atoms with Gasteiger partial charge in [-0.1, -0.05) is 6.08 Å². The molecule has 168 valence electrons. The third-order valence-corrected chi connectivity index (χ3v) is 4.97. The first-order chi connectivity index (χ1) is 15.4. The van der Waals surface area contributed by atoms with E-state index in [-0.39, 0.29) is 0 Å². The molecule has 3 rings (SSSR count). The minimum absolute atomic E-state index is 0.337. The molecule has 2 N–H and O–H groups in total. The molecule has 0 saturated heterocycles. The van der Waals surface area contributed by atoms with Crippen LogP contribution >= 0.6 is 0 Å². The lowest BCUT2D eigenvalue weighted by Gasteiger charge is -2.27. The van der Waals surface area contributed by atoms with Crippen LogP contribution in [0.15, 0.2) is 49.2 Å². The van der Waals surface area contributed by atoms with E-state index in [0.29, 0.717) is 47.3 Å². The number of hydrogen-bond acceptors (Lipinski definition) is 9. The maximum atomic E-state index is 12.4. The molecule has 0 fully saturated rings. The summed E-state index contributed by atoms with van der Waals surface area (Å²) in [6, 6.07) is 9.20. The number of rotatable bonds is 10. The summed E-state index contributed by atoms with van der Waals surface area (Å²) in [7, 11) is 4.55. The number of anilines is 2. The second kappa shape index (κ2) is 9.95. The number of carbonyl (C=O) groups excluding carboxylic acids is 1. The number of carbonyl (C=O) groups is 1. The van der Waals surface area contributed by atoms with Gasteiger partial charge in [-0.05, 0) is 37.6 Å². The predicted molar refractivity (Wildman–Crippen MR) is 123 cm³/mol. The molecule has 0 aliphatic rings. The van der Waals surface area contributed by atoms with Gasteiger partial charge in [-0.3, -0.25) is 4.98 Å². The minimum Gasteiger partial charge on any atom is -0.497 e. The first-order valence-electron chi connectivity index (χ1n) is 9.99. The van der Waals surface area contributed by atoms with Gasteiger partial charge in [0.2, 0.25) is 5.95 Å². The average Bonchev–Trinajstić information content (AvgIpc) is 2.82. The third-order valence-electron chi connectivity index (χ3n) is 4.97. The molecule has 0 bridgehead atoms. The van der Waals surface area contributed by atoms with Crippen LogP contribution in [0.5, 0.6) is 11.5 Å². The van der Waals surface area contributed by atoms with Crippen LogP contribution in [0.1, 0.15) is 18.9 Å². The number of esters is 1. The van der Waals surface area contributed by atoms with Crippen molar-refractivity contribution in [3.63, 3.8) is 0 Å². The molecule has 1 aromatic carbocycles. The minimum atomic E-state index is -1.06. The van der Waals surface area contributed by atoms with Crippen LogP contribution in [0, 0.1) is 0 Å². The van der Waals surface area contributed by atoms with Crippen molar-refractivity contribution in [2.24, 2.45) is 0 Å². The highest BCUT2D eigenvalue weighted by atomic mass is 16.5. The van der Waals surface area contributed by atoms with Gasteiger partial charge in [0.15, 0.2) is 5.82 Å². The monoisotopic (exact) mass is 437 g/mol. The van der Waals surface area contributed by atoms with Gasteiger partial charge in [-0.2, -0.15) is 4.98 Å². The molecule has 0 amide bonds. The topological polar surface area (TPSA) is 107 Å². The zero-order valence-corrected chi connectivity index (χ0v) is 18.6. The quantitative estimate of drug-likeness (QED) is 0.363. The number of pyridine rings is 1. The zero-order valence-electron chi connectivity index (χ0n) is 18.6. The standard InChI is InChI=1S/C23H27N5O4/c1-6-11-23(2,21(29)32-5)28-20-19-17(8-7-12-24-19)26-22(27-20)25-14-15-9-10-16(30-3)13-18(15)31-4/h6-10,12-13H,1,11,14H2,2-5H3,(H2,25,26,27,28). The number of benzene rings is 1. The summed E-state index contributed by atoms with van der Waals surface area (Å²) in [6.45, 7) is 5.89. The molecule has 0 radical (unpaired) electrons. The van der Waals surface area contributed by atoms with E-state index in [0.717, 1.165) is 5.56 Å². The number of nitrogens with one attached hydrogen (secondary N) is 2. The molecule has 9 nitrogen and oxygen atoms in total. The Bertz CT molecular complexity index is 1120. The Hall–Kier alpha value is -3.88. The van der Waals surface area contributed by atoms with Crippen LogP contribution in [0.3, 0.4) is 0 Å². The highest BCUT2D eigenvalue weighted by Crippen LogP contribution is 2.27. The predicted octanol–water partition coefficient (Wildman–Crippen LogP) is 3.57. The number of hydrogen-bond donors (Lipinski definition) is 2. The molecule has 0 aliphatic carbocycles. The lowest BCUT2D eigenvalue weighted by molar-refractivity contribution is -0.145. The molecular weight excluding hydrogens is 410 g/mol. The van der Waals surface area contributed by atoms with E-state index in [1.807, 2.05) is 24.3 Å². The SMILES string of the molecule is C=CCC(C)(Nc1nc(NCc2ccc(OC)cc2OC)nc2cccnc12)C(=O)OC. The number of ether oxygens (including phenoxy) is 3. The van der Waals surface area contributed by atoms with E-state index in [1.54, 1.807) is 39.5 Å². The molecular formula is C23H27N5O4. The van der Waals surface area contributed by atoms with Crippen molar-refractivity contribution in [2.45, 2.75) is 25.4 Å². The lowest BCUT2D eigenvalue weighted by Crippen LogP contribution is -2.44. The van der Waals surface area contributed by atoms with Gasteiger partial charge in [0.1, 0.15) is 22.6 Å². The van der Waals surface area contributed by atoms with E-state index < -0.39 is 11.5 Å². The summed E-state index contributed by atoms with van der Waals surface area (Å²) >= 11 is 0. The highest BCUT2D eigenvalue weighted by molar-refractivity contribution is 5.90. The molecule has 2 aromatic heterocycles. The van der Waals surface area contributed by atoms with Crippen LogP contribution in [0.2, 0.25) is 0 Å². The molecule has 1 unspecified atom stereocenters. The number of aromatic nitrogens is 3. The van der Waals surface area contributed by atoms with Crippen molar-refractivity contribution >= 4 is 28.8 Å². The number of nitrogens with zero attached hydrogens (tertiary/aromatic N) is 3. The van der Waals surface area contributed by atoms with E-state index >= 15 is 0 Å². The Balaban J connectivity index is 1.94. The summed E-state index contributed by atoms with van der Waals surface area (Å²) in [5, 5.41) is 6.41. The Morgan fingerprint density at radius 1 is 1.19 bits per heavy atom. The highest BCUT2D eigenvalue weighted by Gasteiger charge is 2.34. The van der Waals surface area contributed by atoms with Crippen molar-refractivity contribution < 1.29 is 19.0 Å². The normalized spacial score (nSPS) is 12.5. The number of fused-ring (bicyclic) bond motifs is 1. The second-order valence-electron chi connectivity index (χ2n) is 7.24. The molecule has 1 atom stereocenters. The van der Waals surface area contributed by atoms with E-state index in [9.17, 15) is 4.79 Å². The van der Waals surface area contributed by atoms with Crippen LogP contribution < -0.4 is 20.1 Å². The summed E-state index contributed by atoms with van der Waals surface area (Å²) in [5.41, 5.74) is 1.01. The fourth-order valence-electron chi connectivity index (χ4n) is 3.27. The Labute approximate surface area is 186 Å². The van der Waals surface area contributed by atoms with Crippen molar-refractivity contribution in [3.8, 4) is 11.5 Å². The molecule has 2 heterocycles. The zero-order chi connectivity index (χ0) is 23.1. The van der Waals surface area contributed by atoms with Crippen molar-refractivity contribution in [1.29, 1.82) is 0 Å². The third kappa shape index (κ3) is 4.88. The van der Waals surface area contributed by atoms with Crippen LogP contribution in [-0.2, 0) is 16.1 Å². The van der Waals surface area contributed by atoms with Crippen LogP contribution in [-0.4, -0.2) is 47.8 Å². The Morgan fingerprint density at radius 2 is 2.00 bits per heavy atom. The van der Waals surface area contributed by atoms with Gasteiger partial charge in [0, 0.05) is 24.4 Å². The van der Waals surface area contributed by atoms with E-state index in [2.05, 4.69) is 32.2 Å². The van der Waals surface area contributed by atoms with Gasteiger partial charge in [-0.15, -0.1) is 6.58 Å². The fourth-order valence-corrected chi connectivity index (χ4v) is 3.27. The molecule has 32 heavy (non-hydrogen) atoms. The first-order valence-corrected chi connectivity index (χ1v) is 9.99. The second-order valence-corrected chi connectivity index (χ2v) is 7.24. The summed E-state index contributed by atoms with van der Waals surface area (Å²) in [4.78, 5) is 26.0. The summed E-state index contributed by atoms with van der Waals surface area (Å²) in [5.74, 6) is 1.74. The maximum absolute atomic E-state index is 12.4. The van der Waals surface area contributed by atoms with E-state index in [4.69, 9.17) is 14.2 Å². The van der Waals surface area contributed by atoms with Gasteiger partial charge in [0.05, 0.1) is 26.8 Å². The molecule has 0 aliphatic heterocycles. The lowest BCUT2D eigenvalue weighted by atomic mass is 9.98. The molecule has 0 saturated carbocycles. The summed E-state index contributed by atoms with van der Waals surface area (Å²) < 4.78 is 15.7. The molecule has 3 aromatic rings. The van der Waals surface area contributed by atoms with Gasteiger partial charge < -0.3 is 24.8 Å². The van der Waals surface area contributed by atoms with Crippen molar-refractivity contribution in [1.82, 2.24) is 15.0 Å². The fraction of sp³-hybridized carbons (Fsp3) is 0.304. The average molecular weight is 438 g/mol. The number of methoxy groups -OCH3 is 3. The molecule has 9 heteroatoms. The Kier molecular flexibility index (Phi) is 7.09. The maximum Gasteiger partial charge on any atom is 0.331 e. The van der Waals surface area contributed by atoms with Gasteiger partial charge >= 0.3 is 5.97 Å². The smallest absolute Gasteiger partial charge is 0.331 e. The largest absolute Gasteiger partial charge is 0.497 e. The molecule has 0 spiro atoms. The summed E-state index contributed by atoms with van der Waals surface area (Å²) in [6.07, 6.45) is 3.63. The van der Waals surface area contributed by atoms with E-state index in [1.165, 1.54) is 7.11 Å².